The van der Waals surface area contributed by atoms with Crippen LogP contribution in [-0.4, -0.2) is 93.3 Å². The van der Waals surface area contributed by atoms with Gasteiger partial charge in [-0.15, -0.1) is 21.5 Å². The number of fused-ring (bicyclic) bond motifs is 1. The predicted molar refractivity (Wildman–Crippen MR) is 134 cm³/mol. The molecule has 1 unspecified atom stereocenters. The quantitative estimate of drug-likeness (QED) is 0.379. The zero-order valence-electron chi connectivity index (χ0n) is 21.0. The molecular formula is C25H28N6O6S. The summed E-state index contributed by atoms with van der Waals surface area (Å²) in [6.07, 6.45) is 0.898. The van der Waals surface area contributed by atoms with Crippen molar-refractivity contribution in [3.05, 3.63) is 39.3 Å². The number of rotatable bonds is 8. The molecule has 1 atom stereocenters. The fourth-order valence-electron chi connectivity index (χ4n) is 4.92. The average molecular weight is 541 g/mol. The van der Waals surface area contributed by atoms with Gasteiger partial charge in [-0.1, -0.05) is 6.07 Å². The zero-order chi connectivity index (χ0) is 26.8. The SMILES string of the molecule is Cc1nnc(CN2CCN(C(=O)CCCOc3cccc4c3C(=O)N(C3CCC(=O)NC3=O)C4=O)CC2)s1. The van der Waals surface area contributed by atoms with Crippen LogP contribution in [0, 0.1) is 6.92 Å². The zero-order valence-corrected chi connectivity index (χ0v) is 21.8. The average Bonchev–Trinajstić information content (AvgIpc) is 3.42. The lowest BCUT2D eigenvalue weighted by atomic mass is 10.0. The first-order chi connectivity index (χ1) is 18.3. The Labute approximate surface area is 222 Å². The van der Waals surface area contributed by atoms with Crippen LogP contribution in [0.25, 0.3) is 0 Å². The molecule has 5 rings (SSSR count). The summed E-state index contributed by atoms with van der Waals surface area (Å²) >= 11 is 1.58. The molecule has 5 amide bonds. The minimum Gasteiger partial charge on any atom is -0.493 e. The molecule has 13 heteroatoms. The van der Waals surface area contributed by atoms with Crippen LogP contribution in [0.2, 0.25) is 0 Å². The molecule has 200 valence electrons. The maximum absolute atomic E-state index is 13.1. The Morgan fingerprint density at radius 1 is 1.11 bits per heavy atom. The van der Waals surface area contributed by atoms with E-state index in [2.05, 4.69) is 20.4 Å². The molecule has 0 aliphatic carbocycles. The maximum Gasteiger partial charge on any atom is 0.266 e. The molecule has 4 heterocycles. The molecule has 0 radical (unpaired) electrons. The number of aromatic nitrogens is 2. The molecule has 38 heavy (non-hydrogen) atoms. The smallest absolute Gasteiger partial charge is 0.266 e. The van der Waals surface area contributed by atoms with Crippen molar-refractivity contribution >= 4 is 40.9 Å². The third kappa shape index (κ3) is 5.29. The van der Waals surface area contributed by atoms with E-state index in [4.69, 9.17) is 4.74 Å². The largest absolute Gasteiger partial charge is 0.493 e. The molecule has 1 N–H and O–H groups in total. The van der Waals surface area contributed by atoms with E-state index in [1.807, 2.05) is 11.8 Å². The molecule has 3 aliphatic rings. The normalized spacial score (nSPS) is 20.1. The molecule has 1 aromatic heterocycles. The summed E-state index contributed by atoms with van der Waals surface area (Å²) in [7, 11) is 0. The van der Waals surface area contributed by atoms with Crippen molar-refractivity contribution in [3.8, 4) is 5.75 Å². The van der Waals surface area contributed by atoms with Crippen molar-refractivity contribution in [2.45, 2.75) is 45.2 Å². The van der Waals surface area contributed by atoms with Crippen molar-refractivity contribution in [1.82, 2.24) is 30.2 Å². The number of imide groups is 2. The van der Waals surface area contributed by atoms with Gasteiger partial charge in [0.2, 0.25) is 17.7 Å². The molecule has 0 bridgehead atoms. The number of hydrogen-bond donors (Lipinski definition) is 1. The summed E-state index contributed by atoms with van der Waals surface area (Å²) in [6, 6.07) is 3.69. The Kier molecular flexibility index (Phi) is 7.47. The second-order valence-corrected chi connectivity index (χ2v) is 10.7. The maximum atomic E-state index is 13.1. The van der Waals surface area contributed by atoms with Crippen LogP contribution in [0.15, 0.2) is 18.2 Å². The van der Waals surface area contributed by atoms with E-state index in [1.54, 1.807) is 23.5 Å². The third-order valence-electron chi connectivity index (χ3n) is 6.87. The van der Waals surface area contributed by atoms with E-state index in [1.165, 1.54) is 6.07 Å². The third-order valence-corrected chi connectivity index (χ3v) is 7.70. The second kappa shape index (κ2) is 11.0. The van der Waals surface area contributed by atoms with Crippen molar-refractivity contribution in [3.63, 3.8) is 0 Å². The van der Waals surface area contributed by atoms with Gasteiger partial charge in [-0.2, -0.15) is 0 Å². The van der Waals surface area contributed by atoms with E-state index in [0.717, 1.165) is 34.5 Å². The van der Waals surface area contributed by atoms with Gasteiger partial charge in [-0.3, -0.25) is 39.1 Å². The molecule has 2 aromatic rings. The van der Waals surface area contributed by atoms with Crippen LogP contribution in [-0.2, 0) is 20.9 Å². The van der Waals surface area contributed by atoms with E-state index in [-0.39, 0.29) is 42.2 Å². The van der Waals surface area contributed by atoms with Gasteiger partial charge in [0.25, 0.3) is 11.8 Å². The number of hydrogen-bond acceptors (Lipinski definition) is 10. The number of carbonyl (C=O) groups is 5. The Hall–Kier alpha value is -3.71. The van der Waals surface area contributed by atoms with Gasteiger partial charge < -0.3 is 9.64 Å². The van der Waals surface area contributed by atoms with Gasteiger partial charge in [0.1, 0.15) is 21.8 Å². The molecular weight excluding hydrogens is 512 g/mol. The van der Waals surface area contributed by atoms with Gasteiger partial charge in [0.15, 0.2) is 0 Å². The minimum atomic E-state index is -1.03. The highest BCUT2D eigenvalue weighted by Gasteiger charge is 2.46. The van der Waals surface area contributed by atoms with Crippen molar-refractivity contribution in [1.29, 1.82) is 0 Å². The highest BCUT2D eigenvalue weighted by molar-refractivity contribution is 7.11. The summed E-state index contributed by atoms with van der Waals surface area (Å²) in [4.78, 5) is 67.5. The lowest BCUT2D eigenvalue weighted by molar-refractivity contribution is -0.136. The van der Waals surface area contributed by atoms with E-state index >= 15 is 0 Å². The molecule has 1 aromatic carbocycles. The molecule has 2 fully saturated rings. The Balaban J connectivity index is 1.11. The van der Waals surface area contributed by atoms with Crippen LogP contribution < -0.4 is 10.1 Å². The summed E-state index contributed by atoms with van der Waals surface area (Å²) in [5, 5.41) is 12.3. The van der Waals surface area contributed by atoms with Gasteiger partial charge in [0, 0.05) is 39.0 Å². The van der Waals surface area contributed by atoms with Crippen molar-refractivity contribution < 1.29 is 28.7 Å². The molecule has 12 nitrogen and oxygen atoms in total. The minimum absolute atomic E-state index is 0.0496. The fraction of sp³-hybridized carbons (Fsp3) is 0.480. The number of aryl methyl sites for hydroxylation is 1. The van der Waals surface area contributed by atoms with E-state index in [9.17, 15) is 24.0 Å². The van der Waals surface area contributed by atoms with Gasteiger partial charge in [-0.25, -0.2) is 0 Å². The van der Waals surface area contributed by atoms with Crippen LogP contribution in [0.3, 0.4) is 0 Å². The molecule has 3 aliphatic heterocycles. The lowest BCUT2D eigenvalue weighted by Crippen LogP contribution is -2.54. The summed E-state index contributed by atoms with van der Waals surface area (Å²) in [6.45, 7) is 5.71. The Bertz CT molecular complexity index is 1290. The summed E-state index contributed by atoms with van der Waals surface area (Å²) in [5.74, 6) is -2.00. The Morgan fingerprint density at radius 3 is 2.61 bits per heavy atom. The van der Waals surface area contributed by atoms with Crippen LogP contribution in [0.1, 0.15) is 56.4 Å². The Morgan fingerprint density at radius 2 is 1.89 bits per heavy atom. The van der Waals surface area contributed by atoms with Crippen LogP contribution >= 0.6 is 11.3 Å². The number of ether oxygens (including phenoxy) is 1. The number of piperidine rings is 1. The predicted octanol–water partition coefficient (Wildman–Crippen LogP) is 0.751. The second-order valence-electron chi connectivity index (χ2n) is 9.45. The van der Waals surface area contributed by atoms with Crippen molar-refractivity contribution in [2.24, 2.45) is 0 Å². The number of amides is 5. The van der Waals surface area contributed by atoms with Gasteiger partial charge >= 0.3 is 0 Å². The first-order valence-electron chi connectivity index (χ1n) is 12.6. The summed E-state index contributed by atoms with van der Waals surface area (Å²) in [5.41, 5.74) is 0.269. The monoisotopic (exact) mass is 540 g/mol. The first kappa shape index (κ1) is 25.9. The van der Waals surface area contributed by atoms with Crippen LogP contribution in [0.5, 0.6) is 5.75 Å². The molecule has 2 saturated heterocycles. The number of carbonyl (C=O) groups excluding carboxylic acids is 5. The number of nitrogens with zero attached hydrogens (tertiary/aromatic N) is 5. The first-order valence-corrected chi connectivity index (χ1v) is 13.4. The topological polar surface area (TPSA) is 142 Å². The van der Waals surface area contributed by atoms with E-state index < -0.39 is 29.7 Å². The summed E-state index contributed by atoms with van der Waals surface area (Å²) < 4.78 is 5.83. The molecule has 0 saturated carbocycles. The number of nitrogens with one attached hydrogen (secondary N) is 1. The molecule has 0 spiro atoms. The fourth-order valence-corrected chi connectivity index (χ4v) is 5.67. The van der Waals surface area contributed by atoms with Crippen molar-refractivity contribution in [2.75, 3.05) is 32.8 Å². The number of benzene rings is 1. The number of piperazine rings is 1. The van der Waals surface area contributed by atoms with Gasteiger partial charge in [-0.05, 0) is 31.9 Å². The lowest BCUT2D eigenvalue weighted by Gasteiger charge is -2.34. The highest BCUT2D eigenvalue weighted by atomic mass is 32.1. The van der Waals surface area contributed by atoms with Gasteiger partial charge in [0.05, 0.1) is 24.3 Å². The standard InChI is InChI=1S/C25H28N6O6S/c1-15-27-28-20(38-15)14-29-9-11-30(12-10-29)21(33)6-3-13-37-18-5-2-4-16-22(18)25(36)31(24(16)35)17-7-8-19(32)26-23(17)34/h2,4-5,17H,3,6-14H2,1H3,(H,26,32,34). The van der Waals surface area contributed by atoms with Crippen LogP contribution in [0.4, 0.5) is 0 Å². The highest BCUT2D eigenvalue weighted by Crippen LogP contribution is 2.33. The van der Waals surface area contributed by atoms with E-state index in [0.29, 0.717) is 25.9 Å².